The maximum absolute atomic E-state index is 10.7. The lowest BCUT2D eigenvalue weighted by Gasteiger charge is -2.07. The predicted octanol–water partition coefficient (Wildman–Crippen LogP) is 3.72. The van der Waals surface area contributed by atoms with Crippen LogP contribution in [-0.4, -0.2) is 9.91 Å². The lowest BCUT2D eigenvalue weighted by Crippen LogP contribution is -1.94. The Morgan fingerprint density at radius 2 is 2.15 bits per heavy atom. The SMILES string of the molecule is Cc1cc(C#N)cc(Oc2cc([N+](=O)[O-])ccc2Br)n1. The van der Waals surface area contributed by atoms with Gasteiger partial charge in [0, 0.05) is 17.8 Å². The highest BCUT2D eigenvalue weighted by Gasteiger charge is 2.12. The van der Waals surface area contributed by atoms with Crippen molar-refractivity contribution in [1.82, 2.24) is 4.98 Å². The summed E-state index contributed by atoms with van der Waals surface area (Å²) in [6.45, 7) is 1.73. The first-order valence-corrected chi connectivity index (χ1v) is 6.29. The Balaban J connectivity index is 2.39. The van der Waals surface area contributed by atoms with Gasteiger partial charge in [-0.1, -0.05) is 0 Å². The minimum Gasteiger partial charge on any atom is -0.438 e. The molecule has 0 spiro atoms. The van der Waals surface area contributed by atoms with Gasteiger partial charge in [-0.2, -0.15) is 5.26 Å². The molecule has 0 amide bonds. The molecular weight excluding hydrogens is 326 g/mol. The van der Waals surface area contributed by atoms with Gasteiger partial charge < -0.3 is 4.74 Å². The topological polar surface area (TPSA) is 89.0 Å². The molecule has 0 aliphatic carbocycles. The molecule has 1 heterocycles. The molecule has 100 valence electrons. The number of aryl methyl sites for hydroxylation is 1. The number of nitrogens with zero attached hydrogens (tertiary/aromatic N) is 3. The quantitative estimate of drug-likeness (QED) is 0.630. The number of halogens is 1. The molecule has 7 heteroatoms. The number of ether oxygens (including phenoxy) is 1. The second kappa shape index (κ2) is 5.67. The summed E-state index contributed by atoms with van der Waals surface area (Å²) in [5, 5.41) is 19.6. The molecule has 1 aromatic heterocycles. The average molecular weight is 334 g/mol. The molecule has 0 aliphatic heterocycles. The third kappa shape index (κ3) is 3.10. The standard InChI is InChI=1S/C13H8BrN3O3/c1-8-4-9(7-15)5-13(16-8)20-12-6-10(17(18)19)2-3-11(12)14/h2-6H,1H3. The Hall–Kier alpha value is -2.46. The van der Waals surface area contributed by atoms with Crippen LogP contribution in [0.5, 0.6) is 11.6 Å². The summed E-state index contributed by atoms with van der Waals surface area (Å²) in [6.07, 6.45) is 0. The van der Waals surface area contributed by atoms with E-state index >= 15 is 0 Å². The van der Waals surface area contributed by atoms with Crippen LogP contribution in [0.15, 0.2) is 34.8 Å². The van der Waals surface area contributed by atoms with Crippen LogP contribution in [0.2, 0.25) is 0 Å². The molecule has 1 aromatic carbocycles. The van der Waals surface area contributed by atoms with Crippen LogP contribution < -0.4 is 4.74 Å². The lowest BCUT2D eigenvalue weighted by molar-refractivity contribution is -0.384. The summed E-state index contributed by atoms with van der Waals surface area (Å²) in [6, 6.07) is 9.27. The highest BCUT2D eigenvalue weighted by molar-refractivity contribution is 9.10. The minimum atomic E-state index is -0.510. The Labute approximate surface area is 122 Å². The van der Waals surface area contributed by atoms with Crippen LogP contribution in [0.4, 0.5) is 5.69 Å². The molecule has 0 aliphatic rings. The number of benzene rings is 1. The molecule has 20 heavy (non-hydrogen) atoms. The summed E-state index contributed by atoms with van der Waals surface area (Å²) in [5.74, 6) is 0.476. The van der Waals surface area contributed by atoms with E-state index in [9.17, 15) is 10.1 Å². The van der Waals surface area contributed by atoms with Crippen molar-refractivity contribution in [2.45, 2.75) is 6.92 Å². The van der Waals surface area contributed by atoms with Crippen LogP contribution in [0, 0.1) is 28.4 Å². The van der Waals surface area contributed by atoms with Gasteiger partial charge in [-0.05, 0) is 35.0 Å². The Morgan fingerprint density at radius 3 is 2.80 bits per heavy atom. The molecule has 0 bridgehead atoms. The Bertz CT molecular complexity index is 725. The molecule has 6 nitrogen and oxygen atoms in total. The zero-order valence-electron chi connectivity index (χ0n) is 10.3. The van der Waals surface area contributed by atoms with Crippen molar-refractivity contribution in [3.8, 4) is 17.7 Å². The molecule has 0 fully saturated rings. The van der Waals surface area contributed by atoms with Gasteiger partial charge in [0.15, 0.2) is 5.75 Å². The van der Waals surface area contributed by atoms with Gasteiger partial charge in [0.2, 0.25) is 5.88 Å². The van der Waals surface area contributed by atoms with Gasteiger partial charge in [-0.15, -0.1) is 0 Å². The zero-order chi connectivity index (χ0) is 14.7. The highest BCUT2D eigenvalue weighted by Crippen LogP contribution is 2.32. The number of pyridine rings is 1. The third-order valence-corrected chi connectivity index (χ3v) is 3.05. The van der Waals surface area contributed by atoms with E-state index < -0.39 is 4.92 Å². The molecular formula is C13H8BrN3O3. The van der Waals surface area contributed by atoms with Crippen molar-refractivity contribution < 1.29 is 9.66 Å². The van der Waals surface area contributed by atoms with Crippen molar-refractivity contribution in [3.05, 3.63) is 56.2 Å². The first-order valence-electron chi connectivity index (χ1n) is 5.50. The number of non-ortho nitro benzene ring substituents is 1. The third-order valence-electron chi connectivity index (χ3n) is 2.40. The summed E-state index contributed by atoms with van der Waals surface area (Å²) in [4.78, 5) is 14.4. The monoisotopic (exact) mass is 333 g/mol. The van der Waals surface area contributed by atoms with E-state index in [0.717, 1.165) is 0 Å². The van der Waals surface area contributed by atoms with Gasteiger partial charge in [-0.3, -0.25) is 10.1 Å². The Morgan fingerprint density at radius 1 is 1.40 bits per heavy atom. The molecule has 2 rings (SSSR count). The number of nitro groups is 1. The van der Waals surface area contributed by atoms with E-state index in [1.54, 1.807) is 13.0 Å². The van der Waals surface area contributed by atoms with Crippen LogP contribution in [0.3, 0.4) is 0 Å². The maximum atomic E-state index is 10.7. The van der Waals surface area contributed by atoms with E-state index in [2.05, 4.69) is 20.9 Å². The smallest absolute Gasteiger partial charge is 0.273 e. The van der Waals surface area contributed by atoms with Gasteiger partial charge in [0.05, 0.1) is 27.1 Å². The van der Waals surface area contributed by atoms with Crippen LogP contribution in [-0.2, 0) is 0 Å². The normalized spacial score (nSPS) is 9.85. The van der Waals surface area contributed by atoms with E-state index in [-0.39, 0.29) is 17.3 Å². The Kier molecular flexibility index (Phi) is 3.96. The summed E-state index contributed by atoms with van der Waals surface area (Å²) in [7, 11) is 0. The van der Waals surface area contributed by atoms with Gasteiger partial charge in [0.1, 0.15) is 0 Å². The summed E-state index contributed by atoms with van der Waals surface area (Å²) < 4.78 is 6.07. The largest absolute Gasteiger partial charge is 0.438 e. The van der Waals surface area contributed by atoms with Gasteiger partial charge in [0.25, 0.3) is 5.69 Å². The number of rotatable bonds is 3. The predicted molar refractivity (Wildman–Crippen MR) is 74.6 cm³/mol. The number of hydrogen-bond donors (Lipinski definition) is 0. The second-order valence-electron chi connectivity index (χ2n) is 3.92. The first kappa shape index (κ1) is 14.0. The summed E-state index contributed by atoms with van der Waals surface area (Å²) >= 11 is 3.25. The van der Waals surface area contributed by atoms with Crippen molar-refractivity contribution in [2.24, 2.45) is 0 Å². The fraction of sp³-hybridized carbons (Fsp3) is 0.0769. The highest BCUT2D eigenvalue weighted by atomic mass is 79.9. The molecule has 0 saturated carbocycles. The molecule has 0 saturated heterocycles. The molecule has 0 radical (unpaired) electrons. The van der Waals surface area contributed by atoms with Crippen LogP contribution >= 0.6 is 15.9 Å². The van der Waals surface area contributed by atoms with E-state index in [1.807, 2.05) is 6.07 Å². The second-order valence-corrected chi connectivity index (χ2v) is 4.78. The zero-order valence-corrected chi connectivity index (χ0v) is 11.9. The minimum absolute atomic E-state index is 0.0867. The number of nitriles is 1. The van der Waals surface area contributed by atoms with Crippen molar-refractivity contribution >= 4 is 21.6 Å². The molecule has 0 unspecified atom stereocenters. The average Bonchev–Trinajstić information content (AvgIpc) is 2.40. The van der Waals surface area contributed by atoms with Gasteiger partial charge in [-0.25, -0.2) is 4.98 Å². The fourth-order valence-corrected chi connectivity index (χ4v) is 1.88. The van der Waals surface area contributed by atoms with Crippen LogP contribution in [0.25, 0.3) is 0 Å². The number of hydrogen-bond acceptors (Lipinski definition) is 5. The summed E-state index contributed by atoms with van der Waals surface area (Å²) in [5.41, 5.74) is 0.950. The maximum Gasteiger partial charge on any atom is 0.273 e. The van der Waals surface area contributed by atoms with E-state index in [4.69, 9.17) is 10.00 Å². The van der Waals surface area contributed by atoms with Crippen molar-refractivity contribution in [3.63, 3.8) is 0 Å². The number of aromatic nitrogens is 1. The molecule has 0 N–H and O–H groups in total. The molecule has 0 atom stereocenters. The number of nitro benzene ring substituents is 1. The fourth-order valence-electron chi connectivity index (χ4n) is 1.55. The van der Waals surface area contributed by atoms with Gasteiger partial charge >= 0.3 is 0 Å². The molecule has 2 aromatic rings. The van der Waals surface area contributed by atoms with Crippen LogP contribution in [0.1, 0.15) is 11.3 Å². The van der Waals surface area contributed by atoms with E-state index in [1.165, 1.54) is 24.3 Å². The van der Waals surface area contributed by atoms with Crippen molar-refractivity contribution in [1.29, 1.82) is 5.26 Å². The first-order chi connectivity index (χ1) is 9.49. The lowest BCUT2D eigenvalue weighted by atomic mass is 10.2. The van der Waals surface area contributed by atoms with Crippen molar-refractivity contribution in [2.75, 3.05) is 0 Å². The van der Waals surface area contributed by atoms with E-state index in [0.29, 0.717) is 15.7 Å².